The molecule has 1 aromatic rings. The predicted molar refractivity (Wildman–Crippen MR) is 65.5 cm³/mol. The predicted octanol–water partition coefficient (Wildman–Crippen LogP) is 1.52. The molecule has 3 heterocycles. The second-order valence-electron chi connectivity index (χ2n) is 4.96. The molecule has 2 atom stereocenters. The molecule has 3 rings (SSSR count). The molecular formula is C13H19N3. The molecule has 0 bridgehead atoms. The van der Waals surface area contributed by atoms with Crippen LogP contribution >= 0.6 is 0 Å². The van der Waals surface area contributed by atoms with Gasteiger partial charge in [-0.25, -0.2) is 0 Å². The number of nitrogens with one attached hydrogen (secondary N) is 1. The molecule has 3 heteroatoms. The van der Waals surface area contributed by atoms with Crippen molar-refractivity contribution in [3.05, 3.63) is 24.5 Å². The van der Waals surface area contributed by atoms with Crippen molar-refractivity contribution in [2.45, 2.75) is 12.8 Å². The van der Waals surface area contributed by atoms with Crippen LogP contribution in [0, 0.1) is 11.8 Å². The van der Waals surface area contributed by atoms with Crippen molar-refractivity contribution in [3.8, 4) is 0 Å². The normalized spacial score (nSPS) is 29.9. The van der Waals surface area contributed by atoms with E-state index in [2.05, 4.69) is 21.3 Å². The third kappa shape index (κ3) is 1.92. The lowest BCUT2D eigenvalue weighted by Gasteiger charge is -2.42. The van der Waals surface area contributed by atoms with Crippen LogP contribution < -0.4 is 10.2 Å². The molecule has 0 saturated carbocycles. The maximum Gasteiger partial charge on any atom is 0.0552 e. The Kier molecular flexibility index (Phi) is 2.79. The van der Waals surface area contributed by atoms with E-state index in [1.807, 2.05) is 18.5 Å². The molecule has 2 aliphatic heterocycles. The second kappa shape index (κ2) is 4.42. The number of rotatable bonds is 1. The highest BCUT2D eigenvalue weighted by atomic mass is 15.1. The molecule has 1 N–H and O–H groups in total. The van der Waals surface area contributed by atoms with Gasteiger partial charge in [-0.05, 0) is 49.9 Å². The molecule has 1 aromatic heterocycles. The first-order chi connectivity index (χ1) is 7.93. The number of aromatic nitrogens is 1. The molecule has 0 spiro atoms. The molecule has 2 fully saturated rings. The minimum absolute atomic E-state index is 0.884. The summed E-state index contributed by atoms with van der Waals surface area (Å²) in [6.45, 7) is 4.83. The number of anilines is 1. The van der Waals surface area contributed by atoms with Gasteiger partial charge in [-0.3, -0.25) is 4.98 Å². The number of piperidine rings is 2. The zero-order valence-electron chi connectivity index (χ0n) is 9.60. The maximum atomic E-state index is 4.21. The standard InChI is InChI=1S/C13H19N3/c1-2-13(9-14-5-1)16-7-4-11-8-15-6-3-12(11)10-16/h1-2,5,9,11-12,15H,3-4,6-8,10H2/t11-,12-/m0/s1. The van der Waals surface area contributed by atoms with Crippen LogP contribution in [0.5, 0.6) is 0 Å². The summed E-state index contributed by atoms with van der Waals surface area (Å²) in [4.78, 5) is 6.71. The Hall–Kier alpha value is -1.09. The van der Waals surface area contributed by atoms with Gasteiger partial charge in [0.15, 0.2) is 0 Å². The SMILES string of the molecule is c1cncc(N2CC[C@H]3CNCC[C@H]3C2)c1. The Morgan fingerprint density at radius 2 is 2.31 bits per heavy atom. The number of nitrogens with zero attached hydrogens (tertiary/aromatic N) is 2. The van der Waals surface area contributed by atoms with Crippen molar-refractivity contribution in [2.75, 3.05) is 31.1 Å². The van der Waals surface area contributed by atoms with Gasteiger partial charge in [-0.2, -0.15) is 0 Å². The molecule has 86 valence electrons. The summed E-state index contributed by atoms with van der Waals surface area (Å²) in [5, 5.41) is 3.51. The van der Waals surface area contributed by atoms with Crippen molar-refractivity contribution in [1.82, 2.24) is 10.3 Å². The summed E-state index contributed by atoms with van der Waals surface area (Å²) >= 11 is 0. The largest absolute Gasteiger partial charge is 0.370 e. The summed E-state index contributed by atoms with van der Waals surface area (Å²) in [6, 6.07) is 4.21. The lowest BCUT2D eigenvalue weighted by atomic mass is 9.81. The minimum atomic E-state index is 0.884. The van der Waals surface area contributed by atoms with Crippen LogP contribution in [0.25, 0.3) is 0 Å². The van der Waals surface area contributed by atoms with E-state index in [9.17, 15) is 0 Å². The summed E-state index contributed by atoms with van der Waals surface area (Å²) in [7, 11) is 0. The summed E-state index contributed by atoms with van der Waals surface area (Å²) in [6.07, 6.45) is 6.50. The van der Waals surface area contributed by atoms with Gasteiger partial charge in [0.05, 0.1) is 11.9 Å². The molecule has 2 aliphatic rings. The first-order valence-electron chi connectivity index (χ1n) is 6.29. The number of hydrogen-bond acceptors (Lipinski definition) is 3. The molecule has 3 nitrogen and oxygen atoms in total. The van der Waals surface area contributed by atoms with Crippen molar-refractivity contribution >= 4 is 5.69 Å². The van der Waals surface area contributed by atoms with E-state index in [1.54, 1.807) is 0 Å². The first kappa shape index (κ1) is 10.1. The fourth-order valence-corrected chi connectivity index (χ4v) is 3.03. The number of hydrogen-bond donors (Lipinski definition) is 1. The smallest absolute Gasteiger partial charge is 0.0552 e. The Morgan fingerprint density at radius 3 is 3.19 bits per heavy atom. The van der Waals surface area contributed by atoms with Crippen LogP contribution in [0.4, 0.5) is 5.69 Å². The number of fused-ring (bicyclic) bond motifs is 1. The number of pyridine rings is 1. The van der Waals surface area contributed by atoms with Gasteiger partial charge in [0.25, 0.3) is 0 Å². The minimum Gasteiger partial charge on any atom is -0.370 e. The van der Waals surface area contributed by atoms with Crippen LogP contribution in [-0.4, -0.2) is 31.2 Å². The fraction of sp³-hybridized carbons (Fsp3) is 0.615. The Bertz CT molecular complexity index is 338. The van der Waals surface area contributed by atoms with Crippen molar-refractivity contribution in [2.24, 2.45) is 11.8 Å². The lowest BCUT2D eigenvalue weighted by molar-refractivity contribution is 0.218. The average Bonchev–Trinajstić information content (AvgIpc) is 2.39. The average molecular weight is 217 g/mol. The zero-order chi connectivity index (χ0) is 10.8. The van der Waals surface area contributed by atoms with E-state index in [0.717, 1.165) is 11.8 Å². The third-order valence-corrected chi connectivity index (χ3v) is 4.00. The maximum absolute atomic E-state index is 4.21. The van der Waals surface area contributed by atoms with Crippen LogP contribution in [-0.2, 0) is 0 Å². The summed E-state index contributed by atoms with van der Waals surface area (Å²) in [5.41, 5.74) is 1.29. The van der Waals surface area contributed by atoms with E-state index in [1.165, 1.54) is 44.7 Å². The summed E-state index contributed by atoms with van der Waals surface area (Å²) < 4.78 is 0. The van der Waals surface area contributed by atoms with Crippen molar-refractivity contribution in [3.63, 3.8) is 0 Å². The van der Waals surface area contributed by atoms with E-state index in [0.29, 0.717) is 0 Å². The van der Waals surface area contributed by atoms with Crippen molar-refractivity contribution in [1.29, 1.82) is 0 Å². The van der Waals surface area contributed by atoms with Gasteiger partial charge in [0.1, 0.15) is 0 Å². The van der Waals surface area contributed by atoms with Crippen LogP contribution in [0.15, 0.2) is 24.5 Å². The molecule has 0 unspecified atom stereocenters. The first-order valence-corrected chi connectivity index (χ1v) is 6.29. The van der Waals surface area contributed by atoms with Crippen LogP contribution in [0.2, 0.25) is 0 Å². The highest BCUT2D eigenvalue weighted by Crippen LogP contribution is 2.30. The Morgan fingerprint density at radius 1 is 1.31 bits per heavy atom. The Labute approximate surface area is 96.9 Å². The molecule has 0 aromatic carbocycles. The molecule has 16 heavy (non-hydrogen) atoms. The molecular weight excluding hydrogens is 198 g/mol. The Balaban J connectivity index is 1.71. The zero-order valence-corrected chi connectivity index (χ0v) is 9.60. The van der Waals surface area contributed by atoms with Gasteiger partial charge < -0.3 is 10.2 Å². The van der Waals surface area contributed by atoms with Gasteiger partial charge in [0, 0.05) is 19.3 Å². The van der Waals surface area contributed by atoms with Crippen LogP contribution in [0.1, 0.15) is 12.8 Å². The third-order valence-electron chi connectivity index (χ3n) is 4.00. The van der Waals surface area contributed by atoms with Gasteiger partial charge in [-0.1, -0.05) is 0 Å². The second-order valence-corrected chi connectivity index (χ2v) is 4.96. The van der Waals surface area contributed by atoms with Gasteiger partial charge in [-0.15, -0.1) is 0 Å². The van der Waals surface area contributed by atoms with E-state index in [-0.39, 0.29) is 0 Å². The lowest BCUT2D eigenvalue weighted by Crippen LogP contribution is -2.48. The van der Waals surface area contributed by atoms with Crippen LogP contribution in [0.3, 0.4) is 0 Å². The fourth-order valence-electron chi connectivity index (χ4n) is 3.03. The molecule has 2 saturated heterocycles. The summed E-state index contributed by atoms with van der Waals surface area (Å²) in [5.74, 6) is 1.79. The molecule has 0 radical (unpaired) electrons. The van der Waals surface area contributed by atoms with E-state index < -0.39 is 0 Å². The van der Waals surface area contributed by atoms with Gasteiger partial charge in [0.2, 0.25) is 0 Å². The quantitative estimate of drug-likeness (QED) is 0.773. The van der Waals surface area contributed by atoms with Crippen molar-refractivity contribution < 1.29 is 0 Å². The highest BCUT2D eigenvalue weighted by Gasteiger charge is 2.30. The monoisotopic (exact) mass is 217 g/mol. The molecule has 0 aliphatic carbocycles. The topological polar surface area (TPSA) is 28.2 Å². The molecule has 0 amide bonds. The highest BCUT2D eigenvalue weighted by molar-refractivity contribution is 5.44. The van der Waals surface area contributed by atoms with Gasteiger partial charge >= 0.3 is 0 Å². The van der Waals surface area contributed by atoms with E-state index in [4.69, 9.17) is 0 Å². The van der Waals surface area contributed by atoms with E-state index >= 15 is 0 Å².